The highest BCUT2D eigenvalue weighted by molar-refractivity contribution is 9.10. The molecule has 1 aliphatic heterocycles. The van der Waals surface area contributed by atoms with Crippen LogP contribution in [0.25, 0.3) is 0 Å². The summed E-state index contributed by atoms with van der Waals surface area (Å²) in [6.45, 7) is 1.70. The molecule has 0 radical (unpaired) electrons. The smallest absolute Gasteiger partial charge is 0.0543 e. The van der Waals surface area contributed by atoms with Gasteiger partial charge in [0.05, 0.1) is 11.7 Å². The van der Waals surface area contributed by atoms with Crippen LogP contribution in [-0.4, -0.2) is 6.54 Å². The second-order valence-corrected chi connectivity index (χ2v) is 6.11. The molecule has 20 heavy (non-hydrogen) atoms. The van der Waals surface area contributed by atoms with Gasteiger partial charge in [0.25, 0.3) is 0 Å². The van der Waals surface area contributed by atoms with Crippen LogP contribution >= 0.6 is 15.9 Å². The molecule has 1 fully saturated rings. The molecule has 1 unspecified atom stereocenters. The van der Waals surface area contributed by atoms with Gasteiger partial charge >= 0.3 is 0 Å². The Labute approximate surface area is 128 Å². The summed E-state index contributed by atoms with van der Waals surface area (Å²) < 4.78 is 1.14. The molecule has 0 saturated carbocycles. The van der Waals surface area contributed by atoms with Crippen molar-refractivity contribution in [2.75, 3.05) is 11.4 Å². The van der Waals surface area contributed by atoms with Gasteiger partial charge in [-0.1, -0.05) is 36.4 Å². The monoisotopic (exact) mass is 330 g/mol. The van der Waals surface area contributed by atoms with Gasteiger partial charge in [-0.3, -0.25) is 0 Å². The second kappa shape index (κ2) is 5.98. The quantitative estimate of drug-likeness (QED) is 0.911. The van der Waals surface area contributed by atoms with Crippen molar-refractivity contribution in [1.29, 1.82) is 0 Å². The highest BCUT2D eigenvalue weighted by atomic mass is 79.9. The Hall–Kier alpha value is -1.32. The lowest BCUT2D eigenvalue weighted by molar-refractivity contribution is 0.718. The molecular formula is C17H19BrN2. The van der Waals surface area contributed by atoms with E-state index in [4.69, 9.17) is 5.73 Å². The average molecular weight is 331 g/mol. The lowest BCUT2D eigenvalue weighted by atomic mass is 10.0. The van der Waals surface area contributed by atoms with Crippen molar-refractivity contribution in [2.24, 2.45) is 5.73 Å². The van der Waals surface area contributed by atoms with Crippen molar-refractivity contribution >= 4 is 21.6 Å². The fourth-order valence-electron chi connectivity index (χ4n) is 2.99. The lowest BCUT2D eigenvalue weighted by Gasteiger charge is -2.28. The van der Waals surface area contributed by atoms with Crippen LogP contribution in [0.2, 0.25) is 0 Å². The molecule has 0 bridgehead atoms. The molecule has 1 saturated heterocycles. The van der Waals surface area contributed by atoms with E-state index in [-0.39, 0.29) is 0 Å². The van der Waals surface area contributed by atoms with E-state index in [9.17, 15) is 0 Å². The number of hydrogen-bond donors (Lipinski definition) is 1. The van der Waals surface area contributed by atoms with Crippen LogP contribution in [0.15, 0.2) is 53.0 Å². The first-order chi connectivity index (χ1) is 9.79. The highest BCUT2D eigenvalue weighted by Crippen LogP contribution is 2.39. The summed E-state index contributed by atoms with van der Waals surface area (Å²) in [6, 6.07) is 17.7. The number of anilines is 1. The summed E-state index contributed by atoms with van der Waals surface area (Å²) in [6.07, 6.45) is 2.46. The van der Waals surface area contributed by atoms with E-state index in [0.29, 0.717) is 12.6 Å². The number of hydrogen-bond acceptors (Lipinski definition) is 2. The van der Waals surface area contributed by atoms with Crippen molar-refractivity contribution in [1.82, 2.24) is 0 Å². The van der Waals surface area contributed by atoms with Gasteiger partial charge in [0.2, 0.25) is 0 Å². The number of benzene rings is 2. The third kappa shape index (κ3) is 2.60. The first-order valence-corrected chi connectivity index (χ1v) is 7.89. The summed E-state index contributed by atoms with van der Waals surface area (Å²) in [5, 5.41) is 0. The minimum absolute atomic E-state index is 0.483. The summed E-state index contributed by atoms with van der Waals surface area (Å²) in [5.41, 5.74) is 9.54. The van der Waals surface area contributed by atoms with Crippen LogP contribution < -0.4 is 10.6 Å². The molecule has 2 nitrogen and oxygen atoms in total. The molecule has 3 rings (SSSR count). The molecule has 1 heterocycles. The van der Waals surface area contributed by atoms with Crippen molar-refractivity contribution in [3.63, 3.8) is 0 Å². The molecule has 0 aromatic heterocycles. The van der Waals surface area contributed by atoms with Crippen LogP contribution in [0, 0.1) is 0 Å². The van der Waals surface area contributed by atoms with Gasteiger partial charge in [-0.2, -0.15) is 0 Å². The SMILES string of the molecule is NCc1ccc(N2CCCC2c2ccccc2)c(Br)c1. The molecule has 0 amide bonds. The van der Waals surface area contributed by atoms with E-state index in [1.165, 1.54) is 24.1 Å². The van der Waals surface area contributed by atoms with Crippen LogP contribution in [0.3, 0.4) is 0 Å². The maximum absolute atomic E-state index is 5.71. The Morgan fingerprint density at radius 2 is 1.95 bits per heavy atom. The minimum atomic E-state index is 0.483. The van der Waals surface area contributed by atoms with E-state index in [1.54, 1.807) is 0 Å². The maximum atomic E-state index is 5.71. The predicted molar refractivity (Wildman–Crippen MR) is 87.8 cm³/mol. The van der Waals surface area contributed by atoms with Crippen LogP contribution in [0.1, 0.15) is 30.0 Å². The van der Waals surface area contributed by atoms with Crippen LogP contribution in [-0.2, 0) is 6.54 Å². The second-order valence-electron chi connectivity index (χ2n) is 5.25. The summed E-state index contributed by atoms with van der Waals surface area (Å²) in [5.74, 6) is 0. The Morgan fingerprint density at radius 1 is 1.15 bits per heavy atom. The van der Waals surface area contributed by atoms with E-state index in [1.807, 2.05) is 0 Å². The molecular weight excluding hydrogens is 312 g/mol. The topological polar surface area (TPSA) is 29.3 Å². The Balaban J connectivity index is 1.93. The third-order valence-corrected chi connectivity index (χ3v) is 4.63. The molecule has 3 heteroatoms. The van der Waals surface area contributed by atoms with E-state index >= 15 is 0 Å². The zero-order valence-electron chi connectivity index (χ0n) is 11.4. The standard InChI is InChI=1S/C17H19BrN2/c18-15-11-13(12-19)8-9-17(15)20-10-4-7-16(20)14-5-2-1-3-6-14/h1-3,5-6,8-9,11,16H,4,7,10,12,19H2. The van der Waals surface area contributed by atoms with E-state index in [2.05, 4.69) is 69.4 Å². The van der Waals surface area contributed by atoms with Crippen molar-refractivity contribution in [3.05, 3.63) is 64.1 Å². The van der Waals surface area contributed by atoms with Gasteiger partial charge in [-0.25, -0.2) is 0 Å². The molecule has 104 valence electrons. The van der Waals surface area contributed by atoms with Gasteiger partial charge in [0, 0.05) is 17.6 Å². The van der Waals surface area contributed by atoms with Gasteiger partial charge in [0.15, 0.2) is 0 Å². The zero-order valence-corrected chi connectivity index (χ0v) is 13.0. The fraction of sp³-hybridized carbons (Fsp3) is 0.294. The van der Waals surface area contributed by atoms with Gasteiger partial charge < -0.3 is 10.6 Å². The maximum Gasteiger partial charge on any atom is 0.0543 e. The van der Waals surface area contributed by atoms with Crippen molar-refractivity contribution < 1.29 is 0 Å². The molecule has 1 atom stereocenters. The minimum Gasteiger partial charge on any atom is -0.364 e. The third-order valence-electron chi connectivity index (χ3n) is 3.99. The zero-order chi connectivity index (χ0) is 13.9. The Bertz CT molecular complexity index is 583. The normalized spacial score (nSPS) is 18.5. The number of halogens is 1. The highest BCUT2D eigenvalue weighted by Gasteiger charge is 2.27. The molecule has 0 spiro atoms. The number of rotatable bonds is 3. The summed E-state index contributed by atoms with van der Waals surface area (Å²) in [4.78, 5) is 2.50. The lowest BCUT2D eigenvalue weighted by Crippen LogP contribution is -2.22. The van der Waals surface area contributed by atoms with Gasteiger partial charge in [-0.05, 0) is 52.0 Å². The van der Waals surface area contributed by atoms with Crippen LogP contribution in [0.5, 0.6) is 0 Å². The predicted octanol–water partition coefficient (Wildman–Crippen LogP) is 4.25. The van der Waals surface area contributed by atoms with Crippen molar-refractivity contribution in [3.8, 4) is 0 Å². The molecule has 2 aromatic carbocycles. The first-order valence-electron chi connectivity index (χ1n) is 7.09. The van der Waals surface area contributed by atoms with E-state index < -0.39 is 0 Å². The summed E-state index contributed by atoms with van der Waals surface area (Å²) >= 11 is 3.70. The Kier molecular flexibility index (Phi) is 4.08. The molecule has 2 N–H and O–H groups in total. The number of nitrogens with two attached hydrogens (primary N) is 1. The fourth-order valence-corrected chi connectivity index (χ4v) is 3.64. The molecule has 0 aliphatic carbocycles. The van der Waals surface area contributed by atoms with Crippen LogP contribution in [0.4, 0.5) is 5.69 Å². The van der Waals surface area contributed by atoms with Gasteiger partial charge in [-0.15, -0.1) is 0 Å². The summed E-state index contributed by atoms with van der Waals surface area (Å²) in [7, 11) is 0. The largest absolute Gasteiger partial charge is 0.364 e. The van der Waals surface area contributed by atoms with Gasteiger partial charge in [0.1, 0.15) is 0 Å². The Morgan fingerprint density at radius 3 is 2.65 bits per heavy atom. The first kappa shape index (κ1) is 13.7. The van der Waals surface area contributed by atoms with E-state index in [0.717, 1.165) is 16.6 Å². The molecule has 1 aliphatic rings. The number of nitrogens with zero attached hydrogens (tertiary/aromatic N) is 1. The molecule has 2 aromatic rings. The van der Waals surface area contributed by atoms with Crippen molar-refractivity contribution in [2.45, 2.75) is 25.4 Å². The average Bonchev–Trinajstić information content (AvgIpc) is 2.97.